The van der Waals surface area contributed by atoms with Crippen LogP contribution in [-0.4, -0.2) is 18.1 Å². The summed E-state index contributed by atoms with van der Waals surface area (Å²) < 4.78 is 0. The van der Waals surface area contributed by atoms with Gasteiger partial charge in [-0.3, -0.25) is 4.98 Å². The fourth-order valence-electron chi connectivity index (χ4n) is 1.97. The molecular formula is C19H17N2. The van der Waals surface area contributed by atoms with Gasteiger partial charge in [0, 0.05) is 24.8 Å². The van der Waals surface area contributed by atoms with Crippen LogP contribution in [0.4, 0.5) is 5.69 Å². The van der Waals surface area contributed by atoms with Crippen molar-refractivity contribution in [1.29, 1.82) is 0 Å². The van der Waals surface area contributed by atoms with Crippen molar-refractivity contribution in [2.75, 3.05) is 18.0 Å². The van der Waals surface area contributed by atoms with E-state index in [1.807, 2.05) is 42.5 Å². The van der Waals surface area contributed by atoms with E-state index in [4.69, 9.17) is 0 Å². The lowest BCUT2D eigenvalue weighted by atomic mass is 10.1. The summed E-state index contributed by atoms with van der Waals surface area (Å²) in [6, 6.07) is 11.8. The molecule has 1 radical (unpaired) electrons. The molecule has 0 atom stereocenters. The quantitative estimate of drug-likeness (QED) is 0.612. The van der Waals surface area contributed by atoms with Gasteiger partial charge in [0.2, 0.25) is 0 Å². The number of nitrogens with zero attached hydrogens (tertiary/aromatic N) is 2. The van der Waals surface area contributed by atoms with Gasteiger partial charge in [-0.1, -0.05) is 36.1 Å². The molecule has 2 heteroatoms. The first-order valence-electron chi connectivity index (χ1n) is 6.75. The van der Waals surface area contributed by atoms with E-state index in [1.54, 1.807) is 6.20 Å². The third-order valence-electron chi connectivity index (χ3n) is 2.88. The van der Waals surface area contributed by atoms with Gasteiger partial charge in [-0.15, -0.1) is 13.2 Å². The SMILES string of the molecule is C=CCN(CC=C)c1ccccc1C#Cc1[c]nccc1. The Balaban J connectivity index is 2.34. The summed E-state index contributed by atoms with van der Waals surface area (Å²) in [5.41, 5.74) is 2.83. The summed E-state index contributed by atoms with van der Waals surface area (Å²) in [7, 11) is 0. The van der Waals surface area contributed by atoms with Gasteiger partial charge in [0.15, 0.2) is 0 Å². The molecule has 21 heavy (non-hydrogen) atoms. The van der Waals surface area contributed by atoms with Crippen LogP contribution in [0.3, 0.4) is 0 Å². The summed E-state index contributed by atoms with van der Waals surface area (Å²) in [6.07, 6.45) is 8.31. The van der Waals surface area contributed by atoms with Crippen LogP contribution in [0.1, 0.15) is 11.1 Å². The second-order valence-electron chi connectivity index (χ2n) is 4.41. The third-order valence-corrected chi connectivity index (χ3v) is 2.88. The lowest BCUT2D eigenvalue weighted by molar-refractivity contribution is 0.954. The minimum absolute atomic E-state index is 0.754. The Morgan fingerprint density at radius 2 is 1.81 bits per heavy atom. The Hall–Kier alpha value is -2.79. The molecule has 0 bridgehead atoms. The monoisotopic (exact) mass is 273 g/mol. The van der Waals surface area contributed by atoms with Crippen LogP contribution in [0.5, 0.6) is 0 Å². The molecule has 0 saturated heterocycles. The van der Waals surface area contributed by atoms with E-state index in [1.165, 1.54) is 0 Å². The molecule has 0 amide bonds. The molecule has 0 aliphatic rings. The average molecular weight is 273 g/mol. The van der Waals surface area contributed by atoms with E-state index >= 15 is 0 Å². The standard InChI is InChI=1S/C19H17N2/c1-3-14-21(15-4-2)19-10-6-5-9-18(19)12-11-17-8-7-13-20-16-17/h3-10,13H,1-2,14-15H2. The van der Waals surface area contributed by atoms with Crippen LogP contribution in [0.25, 0.3) is 0 Å². The molecule has 0 saturated carbocycles. The van der Waals surface area contributed by atoms with Crippen molar-refractivity contribution < 1.29 is 0 Å². The highest BCUT2D eigenvalue weighted by atomic mass is 15.1. The molecular weight excluding hydrogens is 256 g/mol. The highest BCUT2D eigenvalue weighted by Gasteiger charge is 2.06. The van der Waals surface area contributed by atoms with Crippen LogP contribution in [-0.2, 0) is 0 Å². The van der Waals surface area contributed by atoms with E-state index in [9.17, 15) is 0 Å². The highest BCUT2D eigenvalue weighted by Crippen LogP contribution is 2.19. The van der Waals surface area contributed by atoms with E-state index in [0.29, 0.717) is 0 Å². The lowest BCUT2D eigenvalue weighted by Crippen LogP contribution is -2.23. The van der Waals surface area contributed by atoms with Crippen LogP contribution in [0, 0.1) is 18.0 Å². The Kier molecular flexibility index (Phi) is 5.37. The molecule has 1 heterocycles. The number of aromatic nitrogens is 1. The molecule has 0 unspecified atom stereocenters. The molecule has 1 aromatic heterocycles. The van der Waals surface area contributed by atoms with Gasteiger partial charge in [-0.25, -0.2) is 0 Å². The molecule has 2 nitrogen and oxygen atoms in total. The van der Waals surface area contributed by atoms with E-state index < -0.39 is 0 Å². The number of hydrogen-bond acceptors (Lipinski definition) is 2. The fraction of sp³-hybridized carbons (Fsp3) is 0.105. The average Bonchev–Trinajstić information content (AvgIpc) is 2.54. The van der Waals surface area contributed by atoms with Crippen LogP contribution in [0.2, 0.25) is 0 Å². The van der Waals surface area contributed by atoms with E-state index in [0.717, 1.165) is 29.9 Å². The smallest absolute Gasteiger partial charge is 0.105 e. The van der Waals surface area contributed by atoms with Gasteiger partial charge in [0.25, 0.3) is 0 Å². The second-order valence-corrected chi connectivity index (χ2v) is 4.41. The molecule has 2 rings (SSSR count). The Morgan fingerprint density at radius 3 is 2.48 bits per heavy atom. The molecule has 0 N–H and O–H groups in total. The predicted molar refractivity (Wildman–Crippen MR) is 88.1 cm³/mol. The predicted octanol–water partition coefficient (Wildman–Crippen LogP) is 3.46. The van der Waals surface area contributed by atoms with Gasteiger partial charge < -0.3 is 4.90 Å². The number of benzene rings is 1. The minimum atomic E-state index is 0.754. The number of hydrogen-bond donors (Lipinski definition) is 0. The van der Waals surface area contributed by atoms with E-state index in [-0.39, 0.29) is 0 Å². The summed E-state index contributed by atoms with van der Waals surface area (Å²) in [4.78, 5) is 6.13. The summed E-state index contributed by atoms with van der Waals surface area (Å²) in [5.74, 6) is 6.29. The van der Waals surface area contributed by atoms with E-state index in [2.05, 4.69) is 47.1 Å². The molecule has 2 aromatic rings. The molecule has 0 spiro atoms. The van der Waals surface area contributed by atoms with Crippen LogP contribution < -0.4 is 4.90 Å². The largest absolute Gasteiger partial charge is 0.363 e. The van der Waals surface area contributed by atoms with Crippen molar-refractivity contribution >= 4 is 5.69 Å². The first-order chi connectivity index (χ1) is 10.3. The topological polar surface area (TPSA) is 16.1 Å². The number of rotatable bonds is 5. The maximum atomic E-state index is 3.95. The van der Waals surface area contributed by atoms with Crippen molar-refractivity contribution in [2.24, 2.45) is 0 Å². The first kappa shape index (κ1) is 14.6. The fourth-order valence-corrected chi connectivity index (χ4v) is 1.97. The zero-order valence-corrected chi connectivity index (χ0v) is 11.9. The number of pyridine rings is 1. The van der Waals surface area contributed by atoms with Gasteiger partial charge in [-0.05, 0) is 24.3 Å². The molecule has 103 valence electrons. The van der Waals surface area contributed by atoms with Crippen molar-refractivity contribution in [3.8, 4) is 11.8 Å². The van der Waals surface area contributed by atoms with Gasteiger partial charge in [0.05, 0.1) is 11.3 Å². The Morgan fingerprint density at radius 1 is 1.05 bits per heavy atom. The lowest BCUT2D eigenvalue weighted by Gasteiger charge is -2.22. The molecule has 0 aliphatic heterocycles. The van der Waals surface area contributed by atoms with Crippen molar-refractivity contribution in [3.63, 3.8) is 0 Å². The summed E-state index contributed by atoms with van der Waals surface area (Å²) in [6.45, 7) is 9.12. The Labute approximate surface area is 126 Å². The summed E-state index contributed by atoms with van der Waals surface area (Å²) in [5, 5.41) is 0. The van der Waals surface area contributed by atoms with Gasteiger partial charge in [0.1, 0.15) is 6.20 Å². The zero-order chi connectivity index (χ0) is 14.9. The van der Waals surface area contributed by atoms with Gasteiger partial charge >= 0.3 is 0 Å². The normalized spacial score (nSPS) is 9.33. The van der Waals surface area contributed by atoms with Gasteiger partial charge in [-0.2, -0.15) is 0 Å². The van der Waals surface area contributed by atoms with Crippen molar-refractivity contribution in [3.05, 3.63) is 85.2 Å². The highest BCUT2D eigenvalue weighted by molar-refractivity contribution is 5.62. The van der Waals surface area contributed by atoms with Crippen LogP contribution >= 0.6 is 0 Å². The number of anilines is 1. The third kappa shape index (κ3) is 4.09. The van der Waals surface area contributed by atoms with Crippen LogP contribution in [0.15, 0.2) is 67.9 Å². The maximum absolute atomic E-state index is 3.95. The molecule has 1 aromatic carbocycles. The maximum Gasteiger partial charge on any atom is 0.105 e. The van der Waals surface area contributed by atoms with Crippen molar-refractivity contribution in [1.82, 2.24) is 4.98 Å². The zero-order valence-electron chi connectivity index (χ0n) is 11.9. The number of para-hydroxylation sites is 1. The van der Waals surface area contributed by atoms with Crippen molar-refractivity contribution in [2.45, 2.75) is 0 Å². The first-order valence-corrected chi connectivity index (χ1v) is 6.75. The Bertz CT molecular complexity index is 653. The molecule has 0 aliphatic carbocycles. The minimum Gasteiger partial charge on any atom is -0.363 e. The molecule has 0 fully saturated rings. The summed E-state index contributed by atoms with van der Waals surface area (Å²) >= 11 is 0. The second kappa shape index (κ2) is 7.72.